The second-order valence-electron chi connectivity index (χ2n) is 6.99. The molecule has 31 heavy (non-hydrogen) atoms. The number of nitrogens with zero attached hydrogens (tertiary/aromatic N) is 2. The van der Waals surface area contributed by atoms with Gasteiger partial charge in [-0.3, -0.25) is 19.0 Å². The molecular weight excluding hydrogens is 423 g/mol. The summed E-state index contributed by atoms with van der Waals surface area (Å²) in [5.74, 6) is -2.76. The Labute approximate surface area is 182 Å². The lowest BCUT2D eigenvalue weighted by atomic mass is 9.94. The van der Waals surface area contributed by atoms with Gasteiger partial charge in [0.05, 0.1) is 16.4 Å². The van der Waals surface area contributed by atoms with Gasteiger partial charge in [0.15, 0.2) is 0 Å². The van der Waals surface area contributed by atoms with Gasteiger partial charge >= 0.3 is 0 Å². The summed E-state index contributed by atoms with van der Waals surface area (Å²) in [4.78, 5) is 40.9. The summed E-state index contributed by atoms with van der Waals surface area (Å²) in [6.07, 6.45) is 2.92. The highest BCUT2D eigenvalue weighted by atomic mass is 35.5. The fraction of sp³-hybridized carbons (Fsp3) is 0.182. The van der Waals surface area contributed by atoms with Crippen molar-refractivity contribution in [1.29, 1.82) is 0 Å². The molecule has 7 nitrogen and oxygen atoms in total. The monoisotopic (exact) mass is 442 g/mol. The van der Waals surface area contributed by atoms with E-state index in [9.17, 15) is 18.8 Å². The molecule has 0 bridgehead atoms. The van der Waals surface area contributed by atoms with Gasteiger partial charge in [-0.25, -0.2) is 9.37 Å². The first kappa shape index (κ1) is 22.2. The van der Waals surface area contributed by atoms with Crippen molar-refractivity contribution in [3.63, 3.8) is 0 Å². The van der Waals surface area contributed by atoms with Crippen molar-refractivity contribution in [1.82, 2.24) is 9.55 Å². The SMILES string of the molecule is CC(C(=O)Nc1ccc(-n2ccccc2=O)cc1F)[C@@H](C)C(=O)Nc1ccc(Cl)cn1. The fourth-order valence-electron chi connectivity index (χ4n) is 2.79. The van der Waals surface area contributed by atoms with Gasteiger partial charge in [0.1, 0.15) is 11.6 Å². The van der Waals surface area contributed by atoms with E-state index in [1.165, 1.54) is 35.2 Å². The minimum atomic E-state index is -0.747. The normalized spacial score (nSPS) is 12.6. The van der Waals surface area contributed by atoms with Gasteiger partial charge in [0, 0.05) is 36.4 Å². The third kappa shape index (κ3) is 5.35. The number of aromatic nitrogens is 2. The zero-order chi connectivity index (χ0) is 22.5. The van der Waals surface area contributed by atoms with Crippen LogP contribution in [0, 0.1) is 17.7 Å². The third-order valence-electron chi connectivity index (χ3n) is 4.87. The van der Waals surface area contributed by atoms with Crippen LogP contribution >= 0.6 is 11.6 Å². The van der Waals surface area contributed by atoms with Crippen LogP contribution in [0.2, 0.25) is 5.02 Å². The van der Waals surface area contributed by atoms with Crippen molar-refractivity contribution in [2.24, 2.45) is 11.8 Å². The predicted octanol–water partition coefficient (Wildman–Crippen LogP) is 3.87. The molecule has 160 valence electrons. The van der Waals surface area contributed by atoms with Crippen molar-refractivity contribution < 1.29 is 14.0 Å². The first-order valence-corrected chi connectivity index (χ1v) is 9.85. The number of carbonyl (C=O) groups is 2. The maximum atomic E-state index is 14.5. The Morgan fingerprint density at radius 1 is 1.03 bits per heavy atom. The van der Waals surface area contributed by atoms with Gasteiger partial charge < -0.3 is 10.6 Å². The van der Waals surface area contributed by atoms with E-state index in [2.05, 4.69) is 15.6 Å². The average molecular weight is 443 g/mol. The Morgan fingerprint density at radius 3 is 2.35 bits per heavy atom. The standard InChI is InChI=1S/C22H20ClFN4O3/c1-13(14(2)22(31)27-19-9-6-15(23)12-25-19)21(30)26-18-8-7-16(11-17(18)24)28-10-4-3-5-20(28)29/h3-14H,1-2H3,(H,26,30)(H,25,27,31)/t13?,14-/m1/s1. The van der Waals surface area contributed by atoms with Gasteiger partial charge in [0.25, 0.3) is 5.56 Å². The maximum absolute atomic E-state index is 14.5. The number of hydrogen-bond acceptors (Lipinski definition) is 4. The highest BCUT2D eigenvalue weighted by Gasteiger charge is 2.27. The lowest BCUT2D eigenvalue weighted by Gasteiger charge is -2.19. The molecule has 0 radical (unpaired) electrons. The summed E-state index contributed by atoms with van der Waals surface area (Å²) in [5, 5.41) is 5.55. The van der Waals surface area contributed by atoms with E-state index in [0.29, 0.717) is 16.5 Å². The number of carbonyl (C=O) groups excluding carboxylic acids is 2. The second-order valence-corrected chi connectivity index (χ2v) is 7.43. The van der Waals surface area contributed by atoms with Gasteiger partial charge in [-0.2, -0.15) is 0 Å². The molecule has 2 amide bonds. The summed E-state index contributed by atoms with van der Waals surface area (Å²) in [6.45, 7) is 3.17. The smallest absolute Gasteiger partial charge is 0.255 e. The van der Waals surface area contributed by atoms with Crippen LogP contribution in [0.1, 0.15) is 13.8 Å². The van der Waals surface area contributed by atoms with E-state index in [0.717, 1.165) is 6.07 Å². The maximum Gasteiger partial charge on any atom is 0.255 e. The number of benzene rings is 1. The van der Waals surface area contributed by atoms with E-state index in [4.69, 9.17) is 11.6 Å². The van der Waals surface area contributed by atoms with Crippen LogP contribution in [0.15, 0.2) is 65.7 Å². The van der Waals surface area contributed by atoms with Crippen LogP contribution in [-0.2, 0) is 9.59 Å². The molecule has 0 fully saturated rings. The molecule has 0 spiro atoms. The molecule has 0 aliphatic heterocycles. The van der Waals surface area contributed by atoms with E-state index in [-0.39, 0.29) is 11.2 Å². The first-order chi connectivity index (χ1) is 14.8. The molecular formula is C22H20ClFN4O3. The van der Waals surface area contributed by atoms with Gasteiger partial charge in [-0.05, 0) is 30.3 Å². The molecule has 1 unspecified atom stereocenters. The number of pyridine rings is 2. The van der Waals surface area contributed by atoms with Crippen molar-refractivity contribution in [2.45, 2.75) is 13.8 Å². The highest BCUT2D eigenvalue weighted by Crippen LogP contribution is 2.21. The summed E-state index contributed by atoms with van der Waals surface area (Å²) in [7, 11) is 0. The van der Waals surface area contributed by atoms with Crippen LogP contribution in [0.4, 0.5) is 15.9 Å². The quantitative estimate of drug-likeness (QED) is 0.606. The molecule has 0 saturated carbocycles. The molecule has 0 saturated heterocycles. The van der Waals surface area contributed by atoms with Crippen LogP contribution in [-0.4, -0.2) is 21.4 Å². The van der Waals surface area contributed by atoms with Crippen molar-refractivity contribution in [3.05, 3.63) is 82.1 Å². The Balaban J connectivity index is 1.67. The number of rotatable bonds is 6. The largest absolute Gasteiger partial charge is 0.323 e. The Bertz CT molecular complexity index is 1160. The Kier molecular flexibility index (Phi) is 6.81. The van der Waals surface area contributed by atoms with Gasteiger partial charge in [-0.1, -0.05) is 31.5 Å². The Hall–Kier alpha value is -3.52. The van der Waals surface area contributed by atoms with Crippen LogP contribution in [0.25, 0.3) is 5.69 Å². The molecule has 9 heteroatoms. The van der Waals surface area contributed by atoms with Crippen LogP contribution < -0.4 is 16.2 Å². The van der Waals surface area contributed by atoms with Crippen LogP contribution in [0.5, 0.6) is 0 Å². The number of halogens is 2. The second kappa shape index (κ2) is 9.53. The summed E-state index contributed by atoms with van der Waals surface area (Å²) < 4.78 is 15.8. The third-order valence-corrected chi connectivity index (χ3v) is 5.09. The van der Waals surface area contributed by atoms with E-state index < -0.39 is 29.5 Å². The fourth-order valence-corrected chi connectivity index (χ4v) is 2.90. The van der Waals surface area contributed by atoms with E-state index in [1.807, 2.05) is 0 Å². The number of hydrogen-bond donors (Lipinski definition) is 2. The van der Waals surface area contributed by atoms with E-state index >= 15 is 0 Å². The molecule has 2 N–H and O–H groups in total. The van der Waals surface area contributed by atoms with Crippen LogP contribution in [0.3, 0.4) is 0 Å². The minimum absolute atomic E-state index is 0.0449. The first-order valence-electron chi connectivity index (χ1n) is 9.47. The number of amides is 2. The summed E-state index contributed by atoms with van der Waals surface area (Å²) in [5.41, 5.74) is -0.0174. The van der Waals surface area contributed by atoms with E-state index in [1.54, 1.807) is 38.1 Å². The molecule has 0 aliphatic carbocycles. The lowest BCUT2D eigenvalue weighted by Crippen LogP contribution is -2.33. The number of anilines is 2. The highest BCUT2D eigenvalue weighted by molar-refractivity contribution is 6.30. The average Bonchev–Trinajstić information content (AvgIpc) is 2.76. The minimum Gasteiger partial charge on any atom is -0.323 e. The molecule has 2 atom stereocenters. The molecule has 0 aliphatic rings. The molecule has 3 rings (SSSR count). The summed E-state index contributed by atoms with van der Waals surface area (Å²) in [6, 6.07) is 11.8. The topological polar surface area (TPSA) is 93.1 Å². The molecule has 3 aromatic rings. The number of nitrogens with one attached hydrogen (secondary N) is 2. The predicted molar refractivity (Wildman–Crippen MR) is 117 cm³/mol. The summed E-state index contributed by atoms with van der Waals surface area (Å²) >= 11 is 5.77. The van der Waals surface area contributed by atoms with Crippen molar-refractivity contribution in [2.75, 3.05) is 10.6 Å². The van der Waals surface area contributed by atoms with Gasteiger partial charge in [-0.15, -0.1) is 0 Å². The zero-order valence-corrected chi connectivity index (χ0v) is 17.6. The lowest BCUT2D eigenvalue weighted by molar-refractivity contribution is -0.128. The zero-order valence-electron chi connectivity index (χ0n) is 16.8. The van der Waals surface area contributed by atoms with Gasteiger partial charge in [0.2, 0.25) is 11.8 Å². The Morgan fingerprint density at radius 2 is 1.74 bits per heavy atom. The molecule has 1 aromatic carbocycles. The van der Waals surface area contributed by atoms with Crippen molar-refractivity contribution in [3.8, 4) is 5.69 Å². The van der Waals surface area contributed by atoms with Crippen molar-refractivity contribution >= 4 is 34.9 Å². The molecule has 2 heterocycles. The molecule has 2 aromatic heterocycles.